The Labute approximate surface area is 103 Å². The van der Waals surface area contributed by atoms with Gasteiger partial charge in [0.05, 0.1) is 6.10 Å². The molecule has 94 valence electrons. The van der Waals surface area contributed by atoms with Crippen molar-refractivity contribution in [2.45, 2.75) is 51.0 Å². The van der Waals surface area contributed by atoms with Crippen LogP contribution in [0, 0.1) is 5.92 Å². The third-order valence-corrected chi connectivity index (χ3v) is 3.74. The first kappa shape index (κ1) is 12.4. The van der Waals surface area contributed by atoms with Crippen molar-refractivity contribution in [2.75, 3.05) is 0 Å². The quantitative estimate of drug-likeness (QED) is 0.839. The highest BCUT2D eigenvalue weighted by molar-refractivity contribution is 5.26. The molecule has 0 saturated heterocycles. The molecule has 0 spiro atoms. The second-order valence-electron chi connectivity index (χ2n) is 5.26. The van der Waals surface area contributed by atoms with Crippen LogP contribution in [0.25, 0.3) is 0 Å². The molecule has 2 N–H and O–H groups in total. The Kier molecular flexibility index (Phi) is 4.43. The Morgan fingerprint density at radius 3 is 2.35 bits per heavy atom. The van der Waals surface area contributed by atoms with E-state index in [0.717, 1.165) is 17.9 Å². The van der Waals surface area contributed by atoms with Gasteiger partial charge in [-0.2, -0.15) is 0 Å². The van der Waals surface area contributed by atoms with E-state index < -0.39 is 0 Å². The van der Waals surface area contributed by atoms with E-state index >= 15 is 0 Å². The zero-order valence-corrected chi connectivity index (χ0v) is 10.3. The Morgan fingerprint density at radius 2 is 1.71 bits per heavy atom. The van der Waals surface area contributed by atoms with Crippen molar-refractivity contribution in [2.24, 2.45) is 5.92 Å². The summed E-state index contributed by atoms with van der Waals surface area (Å²) >= 11 is 0. The maximum absolute atomic E-state index is 10.1. The molecule has 1 atom stereocenters. The highest BCUT2D eigenvalue weighted by Crippen LogP contribution is 2.28. The van der Waals surface area contributed by atoms with Crippen molar-refractivity contribution in [3.8, 4) is 5.75 Å². The van der Waals surface area contributed by atoms with Gasteiger partial charge in [-0.15, -0.1) is 0 Å². The number of hydrogen-bond donors (Lipinski definition) is 2. The number of aliphatic hydroxyl groups excluding tert-OH is 1. The fourth-order valence-electron chi connectivity index (χ4n) is 2.80. The van der Waals surface area contributed by atoms with E-state index in [1.807, 2.05) is 12.1 Å². The number of aliphatic hydroxyl groups is 1. The second kappa shape index (κ2) is 6.06. The third-order valence-electron chi connectivity index (χ3n) is 3.74. The van der Waals surface area contributed by atoms with Gasteiger partial charge in [0.25, 0.3) is 0 Å². The minimum absolute atomic E-state index is 0.234. The normalized spacial score (nSPS) is 19.1. The molecular formula is C15H22O2. The maximum atomic E-state index is 10.1. The summed E-state index contributed by atoms with van der Waals surface area (Å²) in [5, 5.41) is 19.3. The van der Waals surface area contributed by atoms with Crippen molar-refractivity contribution >= 4 is 0 Å². The van der Waals surface area contributed by atoms with Crippen LogP contribution in [-0.4, -0.2) is 16.3 Å². The zero-order chi connectivity index (χ0) is 12.1. The Bertz CT molecular complexity index is 325. The Hall–Kier alpha value is -1.02. The molecule has 0 heterocycles. The predicted octanol–water partition coefficient (Wildman–Crippen LogP) is 3.27. The van der Waals surface area contributed by atoms with E-state index in [9.17, 15) is 10.2 Å². The zero-order valence-electron chi connectivity index (χ0n) is 10.3. The van der Waals surface area contributed by atoms with Gasteiger partial charge < -0.3 is 10.2 Å². The first-order valence-electron chi connectivity index (χ1n) is 6.70. The molecule has 0 bridgehead atoms. The van der Waals surface area contributed by atoms with Gasteiger partial charge in [0.15, 0.2) is 0 Å². The fourth-order valence-corrected chi connectivity index (χ4v) is 2.80. The first-order chi connectivity index (χ1) is 8.24. The number of phenolic OH excluding ortho intramolecular Hbond substituents is 1. The molecule has 0 amide bonds. The van der Waals surface area contributed by atoms with Crippen molar-refractivity contribution in [1.82, 2.24) is 0 Å². The van der Waals surface area contributed by atoms with Crippen LogP contribution >= 0.6 is 0 Å². The third kappa shape index (κ3) is 4.04. The summed E-state index contributed by atoms with van der Waals surface area (Å²) in [5.74, 6) is 1.01. The molecule has 1 fully saturated rings. The standard InChI is InChI=1S/C15H22O2/c16-14-8-6-13(7-9-14)11-15(17)10-12-4-2-1-3-5-12/h6-9,12,15-17H,1-5,10-11H2. The van der Waals surface area contributed by atoms with E-state index in [0.29, 0.717) is 6.42 Å². The van der Waals surface area contributed by atoms with E-state index in [1.165, 1.54) is 32.1 Å². The largest absolute Gasteiger partial charge is 0.508 e. The van der Waals surface area contributed by atoms with Crippen LogP contribution in [-0.2, 0) is 6.42 Å². The van der Waals surface area contributed by atoms with Crippen molar-refractivity contribution in [3.05, 3.63) is 29.8 Å². The summed E-state index contributed by atoms with van der Waals surface area (Å²) < 4.78 is 0. The SMILES string of the molecule is Oc1ccc(CC(O)CC2CCCCC2)cc1. The maximum Gasteiger partial charge on any atom is 0.115 e. The minimum Gasteiger partial charge on any atom is -0.508 e. The lowest BCUT2D eigenvalue weighted by atomic mass is 9.84. The summed E-state index contributed by atoms with van der Waals surface area (Å²) in [6.07, 6.45) is 8.00. The number of rotatable bonds is 4. The molecule has 2 heteroatoms. The Morgan fingerprint density at radius 1 is 1.06 bits per heavy atom. The molecule has 1 unspecified atom stereocenters. The predicted molar refractivity (Wildman–Crippen MR) is 69.0 cm³/mol. The lowest BCUT2D eigenvalue weighted by Gasteiger charge is -2.24. The average molecular weight is 234 g/mol. The minimum atomic E-state index is -0.234. The average Bonchev–Trinajstić information content (AvgIpc) is 2.33. The molecule has 1 aliphatic rings. The summed E-state index contributed by atoms with van der Waals surface area (Å²) in [7, 11) is 0. The van der Waals surface area contributed by atoms with Crippen molar-refractivity contribution < 1.29 is 10.2 Å². The summed E-state index contributed by atoms with van der Waals surface area (Å²) in [4.78, 5) is 0. The summed E-state index contributed by atoms with van der Waals surface area (Å²) in [6.45, 7) is 0. The summed E-state index contributed by atoms with van der Waals surface area (Å²) in [5.41, 5.74) is 1.10. The van der Waals surface area contributed by atoms with Crippen molar-refractivity contribution in [1.29, 1.82) is 0 Å². The molecule has 0 radical (unpaired) electrons. The van der Waals surface area contributed by atoms with Crippen LogP contribution in [0.5, 0.6) is 5.75 Å². The highest BCUT2D eigenvalue weighted by atomic mass is 16.3. The van der Waals surface area contributed by atoms with Gasteiger partial charge in [0, 0.05) is 0 Å². The van der Waals surface area contributed by atoms with Crippen LogP contribution in [0.2, 0.25) is 0 Å². The van der Waals surface area contributed by atoms with Gasteiger partial charge in [-0.3, -0.25) is 0 Å². The number of hydrogen-bond acceptors (Lipinski definition) is 2. The van der Waals surface area contributed by atoms with Crippen LogP contribution in [0.3, 0.4) is 0 Å². The number of benzene rings is 1. The molecule has 17 heavy (non-hydrogen) atoms. The molecule has 1 aromatic rings. The topological polar surface area (TPSA) is 40.5 Å². The van der Waals surface area contributed by atoms with E-state index in [4.69, 9.17) is 0 Å². The van der Waals surface area contributed by atoms with E-state index in [1.54, 1.807) is 12.1 Å². The molecule has 2 nitrogen and oxygen atoms in total. The summed E-state index contributed by atoms with van der Waals surface area (Å²) in [6, 6.07) is 7.14. The van der Waals surface area contributed by atoms with Gasteiger partial charge in [-0.05, 0) is 36.5 Å². The van der Waals surface area contributed by atoms with Crippen LogP contribution in [0.4, 0.5) is 0 Å². The molecule has 1 aromatic carbocycles. The molecule has 0 aliphatic heterocycles. The van der Waals surface area contributed by atoms with Crippen LogP contribution < -0.4 is 0 Å². The second-order valence-corrected chi connectivity index (χ2v) is 5.26. The van der Waals surface area contributed by atoms with Crippen LogP contribution in [0.15, 0.2) is 24.3 Å². The number of phenols is 1. The molecule has 2 rings (SSSR count). The smallest absolute Gasteiger partial charge is 0.115 e. The van der Waals surface area contributed by atoms with Crippen molar-refractivity contribution in [3.63, 3.8) is 0 Å². The molecule has 1 saturated carbocycles. The lowest BCUT2D eigenvalue weighted by molar-refractivity contribution is 0.130. The highest BCUT2D eigenvalue weighted by Gasteiger charge is 2.17. The number of aromatic hydroxyl groups is 1. The van der Waals surface area contributed by atoms with E-state index in [2.05, 4.69) is 0 Å². The van der Waals surface area contributed by atoms with Gasteiger partial charge >= 0.3 is 0 Å². The van der Waals surface area contributed by atoms with Gasteiger partial charge in [-0.25, -0.2) is 0 Å². The molecule has 1 aliphatic carbocycles. The first-order valence-corrected chi connectivity index (χ1v) is 6.70. The fraction of sp³-hybridized carbons (Fsp3) is 0.600. The molecule has 0 aromatic heterocycles. The molecular weight excluding hydrogens is 212 g/mol. The Balaban J connectivity index is 1.79. The monoisotopic (exact) mass is 234 g/mol. The van der Waals surface area contributed by atoms with Crippen LogP contribution in [0.1, 0.15) is 44.1 Å². The van der Waals surface area contributed by atoms with Gasteiger partial charge in [-0.1, -0.05) is 44.2 Å². The van der Waals surface area contributed by atoms with Gasteiger partial charge in [0.1, 0.15) is 5.75 Å². The van der Waals surface area contributed by atoms with Gasteiger partial charge in [0.2, 0.25) is 0 Å². The van der Waals surface area contributed by atoms with E-state index in [-0.39, 0.29) is 11.9 Å². The lowest BCUT2D eigenvalue weighted by Crippen LogP contribution is -2.18.